The summed E-state index contributed by atoms with van der Waals surface area (Å²) in [7, 11) is 0. The summed E-state index contributed by atoms with van der Waals surface area (Å²) in [5, 5.41) is 20.1. The van der Waals surface area contributed by atoms with Gasteiger partial charge in [-0.3, -0.25) is 20.2 Å². The average Bonchev–Trinajstić information content (AvgIpc) is 2.40. The van der Waals surface area contributed by atoms with Crippen molar-refractivity contribution in [2.75, 3.05) is 0 Å². The molecule has 2 aromatic heterocycles. The molecule has 104 valence electrons. The van der Waals surface area contributed by atoms with Crippen molar-refractivity contribution in [2.45, 2.75) is 0 Å². The number of pyridine rings is 2. The van der Waals surface area contributed by atoms with Gasteiger partial charge < -0.3 is 0 Å². The summed E-state index contributed by atoms with van der Waals surface area (Å²) in [4.78, 5) is 26.5. The molecule has 0 aromatic carbocycles. The van der Waals surface area contributed by atoms with Gasteiger partial charge in [-0.15, -0.1) is 0 Å². The SMILES string of the molecule is O=[N+]([O-])c1ccc(Br)nc1.O=[N+]([O-])c1ccc(Br)nc1. The number of hydrogen-bond acceptors (Lipinski definition) is 6. The van der Waals surface area contributed by atoms with Crippen LogP contribution in [0.5, 0.6) is 0 Å². The number of rotatable bonds is 2. The summed E-state index contributed by atoms with van der Waals surface area (Å²) in [5.74, 6) is 0. The van der Waals surface area contributed by atoms with Crippen LogP contribution in [0.15, 0.2) is 45.9 Å². The third kappa shape index (κ3) is 5.36. The van der Waals surface area contributed by atoms with E-state index in [0.717, 1.165) is 0 Å². The van der Waals surface area contributed by atoms with Crippen molar-refractivity contribution < 1.29 is 9.85 Å². The van der Waals surface area contributed by atoms with Gasteiger partial charge in [0.2, 0.25) is 0 Å². The van der Waals surface area contributed by atoms with E-state index in [1.807, 2.05) is 0 Å². The van der Waals surface area contributed by atoms with E-state index in [1.54, 1.807) is 0 Å². The molecular formula is C10H6Br2N4O4. The standard InChI is InChI=1S/2C5H3BrN2O2/c2*6-5-2-1-4(3-7-5)8(9)10/h2*1-3H. The molecule has 2 rings (SSSR count). The molecule has 0 bridgehead atoms. The maximum atomic E-state index is 10.1. The fourth-order valence-electron chi connectivity index (χ4n) is 0.952. The van der Waals surface area contributed by atoms with Gasteiger partial charge in [0.15, 0.2) is 0 Å². The molecule has 0 saturated carbocycles. The summed E-state index contributed by atoms with van der Waals surface area (Å²) in [5.41, 5.74) is 0.00593. The summed E-state index contributed by atoms with van der Waals surface area (Å²) >= 11 is 6.12. The average molecular weight is 406 g/mol. The maximum absolute atomic E-state index is 10.1. The van der Waals surface area contributed by atoms with Crippen LogP contribution in [-0.2, 0) is 0 Å². The van der Waals surface area contributed by atoms with Gasteiger partial charge in [0.1, 0.15) is 21.6 Å². The Bertz CT molecular complexity index is 548. The molecule has 2 heterocycles. The highest BCUT2D eigenvalue weighted by Gasteiger charge is 2.03. The van der Waals surface area contributed by atoms with Gasteiger partial charge in [-0.2, -0.15) is 0 Å². The van der Waals surface area contributed by atoms with Gasteiger partial charge in [-0.05, 0) is 44.0 Å². The molecule has 2 aromatic rings. The molecule has 0 spiro atoms. The minimum absolute atomic E-state index is 0.00296. The zero-order chi connectivity index (χ0) is 15.1. The van der Waals surface area contributed by atoms with Gasteiger partial charge >= 0.3 is 0 Å². The number of hydrogen-bond donors (Lipinski definition) is 0. The van der Waals surface area contributed by atoms with Crippen LogP contribution in [0.3, 0.4) is 0 Å². The Labute approximate surface area is 129 Å². The van der Waals surface area contributed by atoms with E-state index in [2.05, 4.69) is 41.8 Å². The highest BCUT2D eigenvalue weighted by atomic mass is 79.9. The van der Waals surface area contributed by atoms with Crippen molar-refractivity contribution in [3.05, 3.63) is 66.1 Å². The van der Waals surface area contributed by atoms with E-state index in [4.69, 9.17) is 0 Å². The van der Waals surface area contributed by atoms with E-state index in [1.165, 1.54) is 36.7 Å². The van der Waals surface area contributed by atoms with Crippen LogP contribution in [0.25, 0.3) is 0 Å². The quantitative estimate of drug-likeness (QED) is 0.429. The van der Waals surface area contributed by atoms with Crippen molar-refractivity contribution in [2.24, 2.45) is 0 Å². The van der Waals surface area contributed by atoms with Crippen LogP contribution in [0.4, 0.5) is 11.4 Å². The normalized spacial score (nSPS) is 9.30. The van der Waals surface area contributed by atoms with Gasteiger partial charge in [0.25, 0.3) is 11.4 Å². The summed E-state index contributed by atoms with van der Waals surface area (Å²) in [6, 6.07) is 5.82. The van der Waals surface area contributed by atoms with E-state index in [-0.39, 0.29) is 11.4 Å². The smallest absolute Gasteiger partial charge is 0.258 e. The molecule has 0 amide bonds. The zero-order valence-corrected chi connectivity index (χ0v) is 12.8. The van der Waals surface area contributed by atoms with Crippen molar-refractivity contribution in [1.82, 2.24) is 9.97 Å². The lowest BCUT2D eigenvalue weighted by Crippen LogP contribution is -1.87. The van der Waals surface area contributed by atoms with E-state index in [0.29, 0.717) is 9.21 Å². The Morgan fingerprint density at radius 1 is 0.800 bits per heavy atom. The highest BCUT2D eigenvalue weighted by molar-refractivity contribution is 9.10. The first-order valence-corrected chi connectivity index (χ1v) is 6.50. The van der Waals surface area contributed by atoms with Crippen LogP contribution in [0.2, 0.25) is 0 Å². The van der Waals surface area contributed by atoms with Crippen LogP contribution in [-0.4, -0.2) is 19.8 Å². The summed E-state index contributed by atoms with van der Waals surface area (Å²) in [6.07, 6.45) is 2.40. The second kappa shape index (κ2) is 7.60. The van der Waals surface area contributed by atoms with Gasteiger partial charge in [0, 0.05) is 12.1 Å². The Hall–Kier alpha value is -1.94. The Morgan fingerprint density at radius 3 is 1.35 bits per heavy atom. The number of aromatic nitrogens is 2. The zero-order valence-electron chi connectivity index (χ0n) is 9.64. The van der Waals surface area contributed by atoms with Crippen LogP contribution in [0, 0.1) is 20.2 Å². The Balaban J connectivity index is 0.000000200. The fourth-order valence-corrected chi connectivity index (χ4v) is 1.42. The lowest BCUT2D eigenvalue weighted by atomic mass is 10.4. The first kappa shape index (κ1) is 16.1. The molecule has 0 fully saturated rings. The van der Waals surface area contributed by atoms with E-state index in [9.17, 15) is 20.2 Å². The van der Waals surface area contributed by atoms with Crippen molar-refractivity contribution >= 4 is 43.2 Å². The second-order valence-corrected chi connectivity index (χ2v) is 4.82. The molecule has 0 aliphatic rings. The highest BCUT2D eigenvalue weighted by Crippen LogP contribution is 2.12. The summed E-state index contributed by atoms with van der Waals surface area (Å²) in [6.45, 7) is 0. The molecule has 0 unspecified atom stereocenters. The molecule has 0 atom stereocenters. The van der Waals surface area contributed by atoms with Crippen LogP contribution >= 0.6 is 31.9 Å². The molecule has 0 aliphatic carbocycles. The minimum atomic E-state index is -0.487. The molecule has 10 heteroatoms. The Kier molecular flexibility index (Phi) is 6.12. The molecule has 8 nitrogen and oxygen atoms in total. The van der Waals surface area contributed by atoms with E-state index >= 15 is 0 Å². The van der Waals surface area contributed by atoms with Crippen LogP contribution < -0.4 is 0 Å². The topological polar surface area (TPSA) is 112 Å². The van der Waals surface area contributed by atoms with Gasteiger partial charge in [0.05, 0.1) is 9.85 Å². The van der Waals surface area contributed by atoms with Gasteiger partial charge in [-0.1, -0.05) is 0 Å². The second-order valence-electron chi connectivity index (χ2n) is 3.19. The number of halogens is 2. The fraction of sp³-hybridized carbons (Fsp3) is 0. The van der Waals surface area contributed by atoms with Gasteiger partial charge in [-0.25, -0.2) is 9.97 Å². The van der Waals surface area contributed by atoms with E-state index < -0.39 is 9.85 Å². The Morgan fingerprint density at radius 2 is 1.15 bits per heavy atom. The number of nitro groups is 2. The lowest BCUT2D eigenvalue weighted by Gasteiger charge is -1.88. The number of nitrogens with zero attached hydrogens (tertiary/aromatic N) is 4. The summed E-state index contributed by atoms with van der Waals surface area (Å²) < 4.78 is 1.19. The first-order valence-electron chi connectivity index (χ1n) is 4.92. The predicted molar refractivity (Wildman–Crippen MR) is 77.2 cm³/mol. The molecule has 0 saturated heterocycles. The van der Waals surface area contributed by atoms with Crippen molar-refractivity contribution in [3.63, 3.8) is 0 Å². The monoisotopic (exact) mass is 404 g/mol. The molecule has 0 aliphatic heterocycles. The first-order chi connectivity index (χ1) is 9.40. The molecule has 0 N–H and O–H groups in total. The maximum Gasteiger partial charge on any atom is 0.287 e. The predicted octanol–water partition coefficient (Wildman–Crippen LogP) is 3.50. The molecule has 20 heavy (non-hydrogen) atoms. The third-order valence-corrected chi connectivity index (χ3v) is 2.78. The molecular weight excluding hydrogens is 400 g/mol. The largest absolute Gasteiger partial charge is 0.287 e. The molecule has 0 radical (unpaired) electrons. The van der Waals surface area contributed by atoms with Crippen LogP contribution in [0.1, 0.15) is 0 Å². The van der Waals surface area contributed by atoms with Crippen molar-refractivity contribution in [3.8, 4) is 0 Å². The van der Waals surface area contributed by atoms with Crippen molar-refractivity contribution in [1.29, 1.82) is 0 Å². The lowest BCUT2D eigenvalue weighted by molar-refractivity contribution is -0.385. The third-order valence-electron chi connectivity index (χ3n) is 1.85. The minimum Gasteiger partial charge on any atom is -0.258 e.